The first-order chi connectivity index (χ1) is 8.08. The number of nitrogen functional groups attached to an aromatic ring is 1. The third-order valence-corrected chi connectivity index (χ3v) is 4.41. The molecule has 1 aromatic carbocycles. The van der Waals surface area contributed by atoms with Gasteiger partial charge in [0.25, 0.3) is 5.91 Å². The highest BCUT2D eigenvalue weighted by Crippen LogP contribution is 2.23. The highest BCUT2D eigenvalue weighted by molar-refractivity contribution is 14.1. The average Bonchev–Trinajstić information content (AvgIpc) is 2.70. The molecule has 7 heteroatoms. The Balaban J connectivity index is 2.19. The van der Waals surface area contributed by atoms with Crippen LogP contribution in [0.15, 0.2) is 28.9 Å². The lowest BCUT2D eigenvalue weighted by atomic mass is 10.3. The van der Waals surface area contributed by atoms with Crippen LogP contribution in [0.4, 0.5) is 11.4 Å². The van der Waals surface area contributed by atoms with Gasteiger partial charge in [-0.1, -0.05) is 0 Å². The minimum atomic E-state index is -0.312. The zero-order valence-electron chi connectivity index (χ0n) is 8.50. The number of aromatic nitrogens is 2. The van der Waals surface area contributed by atoms with Gasteiger partial charge in [-0.25, -0.2) is 0 Å². The van der Waals surface area contributed by atoms with E-state index in [1.54, 1.807) is 0 Å². The summed E-state index contributed by atoms with van der Waals surface area (Å²) in [5, 5.41) is 8.98. The number of hydrogen-bond donors (Lipinski definition) is 3. The normalized spacial score (nSPS) is 10.2. The molecule has 0 saturated heterocycles. The van der Waals surface area contributed by atoms with Crippen molar-refractivity contribution in [1.82, 2.24) is 10.2 Å². The van der Waals surface area contributed by atoms with Crippen LogP contribution >= 0.6 is 38.5 Å². The summed E-state index contributed by atoms with van der Waals surface area (Å²) >= 11 is 5.59. The second-order valence-electron chi connectivity index (χ2n) is 3.28. The van der Waals surface area contributed by atoms with Gasteiger partial charge in [0.1, 0.15) is 5.69 Å². The van der Waals surface area contributed by atoms with Gasteiger partial charge in [-0.05, 0) is 56.7 Å². The third kappa shape index (κ3) is 2.78. The topological polar surface area (TPSA) is 83.8 Å². The van der Waals surface area contributed by atoms with Crippen LogP contribution in [-0.4, -0.2) is 16.1 Å². The van der Waals surface area contributed by atoms with E-state index in [4.69, 9.17) is 5.73 Å². The maximum Gasteiger partial charge on any atom is 0.275 e. The van der Waals surface area contributed by atoms with Gasteiger partial charge in [0.05, 0.1) is 11.9 Å². The molecule has 0 fully saturated rings. The van der Waals surface area contributed by atoms with E-state index < -0.39 is 0 Å². The predicted octanol–water partition coefficient (Wildman–Crippen LogP) is 2.61. The lowest BCUT2D eigenvalue weighted by Crippen LogP contribution is -2.14. The molecular weight excluding hydrogens is 399 g/mol. The van der Waals surface area contributed by atoms with Crippen LogP contribution in [0.2, 0.25) is 0 Å². The van der Waals surface area contributed by atoms with Crippen molar-refractivity contribution in [2.75, 3.05) is 11.1 Å². The zero-order valence-corrected chi connectivity index (χ0v) is 12.2. The van der Waals surface area contributed by atoms with Gasteiger partial charge in [-0.15, -0.1) is 0 Å². The predicted molar refractivity (Wildman–Crippen MR) is 77.8 cm³/mol. The average molecular weight is 407 g/mol. The lowest BCUT2D eigenvalue weighted by Gasteiger charge is -2.05. The van der Waals surface area contributed by atoms with Gasteiger partial charge in [0.15, 0.2) is 0 Å². The molecule has 2 aromatic rings. The summed E-state index contributed by atoms with van der Waals surface area (Å²) in [4.78, 5) is 11.8. The number of aromatic amines is 1. The number of halogens is 2. The summed E-state index contributed by atoms with van der Waals surface area (Å²) < 4.78 is 2.00. The van der Waals surface area contributed by atoms with Crippen LogP contribution in [-0.2, 0) is 0 Å². The van der Waals surface area contributed by atoms with Crippen molar-refractivity contribution >= 4 is 55.8 Å². The Kier molecular flexibility index (Phi) is 3.67. The Morgan fingerprint density at radius 2 is 2.29 bits per heavy atom. The van der Waals surface area contributed by atoms with Gasteiger partial charge in [0.2, 0.25) is 0 Å². The Labute approximate surface area is 119 Å². The number of amides is 1. The molecule has 1 heterocycles. The summed E-state index contributed by atoms with van der Waals surface area (Å²) in [6.45, 7) is 0. The van der Waals surface area contributed by atoms with E-state index >= 15 is 0 Å². The number of carbonyl (C=O) groups excluding carboxylic acids is 1. The summed E-state index contributed by atoms with van der Waals surface area (Å²) in [5.41, 5.74) is 6.86. The van der Waals surface area contributed by atoms with Gasteiger partial charge in [-0.2, -0.15) is 5.10 Å². The molecule has 0 spiro atoms. The fraction of sp³-hybridized carbons (Fsp3) is 0. The first-order valence-electron chi connectivity index (χ1n) is 4.63. The number of benzene rings is 1. The van der Waals surface area contributed by atoms with E-state index in [2.05, 4.69) is 54.0 Å². The van der Waals surface area contributed by atoms with Crippen molar-refractivity contribution in [2.24, 2.45) is 0 Å². The quantitative estimate of drug-likeness (QED) is 0.670. The third-order valence-electron chi connectivity index (χ3n) is 2.07. The molecule has 0 aliphatic rings. The molecule has 0 atom stereocenters. The van der Waals surface area contributed by atoms with E-state index in [0.29, 0.717) is 11.4 Å². The van der Waals surface area contributed by atoms with Crippen molar-refractivity contribution in [2.45, 2.75) is 0 Å². The summed E-state index contributed by atoms with van der Waals surface area (Å²) in [6, 6.07) is 5.54. The highest BCUT2D eigenvalue weighted by atomic mass is 127. The van der Waals surface area contributed by atoms with E-state index in [9.17, 15) is 4.79 Å². The molecule has 0 radical (unpaired) electrons. The molecule has 0 aliphatic heterocycles. The van der Waals surface area contributed by atoms with E-state index in [1.165, 1.54) is 6.20 Å². The van der Waals surface area contributed by atoms with E-state index in [1.807, 2.05) is 18.2 Å². The number of nitrogens with one attached hydrogen (secondary N) is 2. The maximum atomic E-state index is 11.8. The van der Waals surface area contributed by atoms with Crippen LogP contribution < -0.4 is 11.1 Å². The zero-order chi connectivity index (χ0) is 12.4. The molecule has 0 unspecified atom stereocenters. The summed E-state index contributed by atoms with van der Waals surface area (Å²) in [5.74, 6) is -0.312. The Morgan fingerprint density at radius 3 is 2.88 bits per heavy atom. The lowest BCUT2D eigenvalue weighted by molar-refractivity contribution is 0.102. The summed E-state index contributed by atoms with van der Waals surface area (Å²) in [7, 11) is 0. The number of anilines is 2. The van der Waals surface area contributed by atoms with Gasteiger partial charge in [0, 0.05) is 13.7 Å². The fourth-order valence-electron chi connectivity index (χ4n) is 1.24. The maximum absolute atomic E-state index is 11.8. The Bertz CT molecular complexity index is 569. The van der Waals surface area contributed by atoms with Crippen LogP contribution in [0.3, 0.4) is 0 Å². The molecule has 5 nitrogen and oxygen atoms in total. The number of rotatable bonds is 2. The van der Waals surface area contributed by atoms with E-state index in [0.717, 1.165) is 8.04 Å². The second-order valence-corrected chi connectivity index (χ2v) is 5.30. The van der Waals surface area contributed by atoms with Crippen molar-refractivity contribution in [3.63, 3.8) is 0 Å². The Morgan fingerprint density at radius 1 is 1.53 bits per heavy atom. The summed E-state index contributed by atoms with van der Waals surface area (Å²) in [6.07, 6.45) is 1.40. The van der Waals surface area contributed by atoms with Gasteiger partial charge >= 0.3 is 0 Å². The van der Waals surface area contributed by atoms with Gasteiger partial charge < -0.3 is 11.1 Å². The Hall–Kier alpha value is -1.09. The van der Waals surface area contributed by atoms with E-state index in [-0.39, 0.29) is 11.6 Å². The molecule has 0 saturated carbocycles. The fourth-order valence-corrected chi connectivity index (χ4v) is 1.96. The number of nitrogens with zero attached hydrogens (tertiary/aromatic N) is 1. The minimum Gasteiger partial charge on any atom is -0.396 e. The molecule has 2 rings (SSSR count). The van der Waals surface area contributed by atoms with Crippen LogP contribution in [0.5, 0.6) is 0 Å². The minimum absolute atomic E-state index is 0.264. The molecule has 1 amide bonds. The number of nitrogens with two attached hydrogens (primary N) is 1. The number of H-pyrrole nitrogens is 1. The SMILES string of the molecule is Nc1cn[nH]c1C(=O)Nc1ccc(I)c(Br)c1. The monoisotopic (exact) mass is 406 g/mol. The van der Waals surface area contributed by atoms with Crippen LogP contribution in [0, 0.1) is 3.57 Å². The van der Waals surface area contributed by atoms with Crippen LogP contribution in [0.25, 0.3) is 0 Å². The first kappa shape index (κ1) is 12.4. The first-order valence-corrected chi connectivity index (χ1v) is 6.50. The molecule has 88 valence electrons. The molecule has 0 bridgehead atoms. The van der Waals surface area contributed by atoms with Crippen molar-refractivity contribution in [1.29, 1.82) is 0 Å². The largest absolute Gasteiger partial charge is 0.396 e. The second kappa shape index (κ2) is 5.05. The highest BCUT2D eigenvalue weighted by Gasteiger charge is 2.12. The molecule has 17 heavy (non-hydrogen) atoms. The standard InChI is InChI=1S/C10H8BrIN4O/c11-6-3-5(1-2-7(6)12)15-10(17)9-8(13)4-14-16-9/h1-4H,13H2,(H,14,16)(H,15,17). The molecule has 0 aliphatic carbocycles. The molecule has 1 aromatic heterocycles. The smallest absolute Gasteiger partial charge is 0.275 e. The number of hydrogen-bond acceptors (Lipinski definition) is 3. The van der Waals surface area contributed by atoms with Crippen LogP contribution in [0.1, 0.15) is 10.5 Å². The molecule has 4 N–H and O–H groups in total. The molecular formula is C10H8BrIN4O. The van der Waals surface area contributed by atoms with Crippen molar-refractivity contribution in [3.8, 4) is 0 Å². The number of carbonyl (C=O) groups is 1. The van der Waals surface area contributed by atoms with Crippen molar-refractivity contribution < 1.29 is 4.79 Å². The van der Waals surface area contributed by atoms with Crippen molar-refractivity contribution in [3.05, 3.63) is 38.1 Å². The van der Waals surface area contributed by atoms with Gasteiger partial charge in [-0.3, -0.25) is 9.89 Å².